The second-order valence-electron chi connectivity index (χ2n) is 6.39. The van der Waals surface area contributed by atoms with Crippen molar-refractivity contribution in [1.82, 2.24) is 0 Å². The number of aryl methyl sites for hydroxylation is 1. The van der Waals surface area contributed by atoms with Crippen LogP contribution in [-0.4, -0.2) is 0 Å². The normalized spacial score (nSPS) is 18.0. The maximum Gasteiger partial charge on any atom is -0.0102 e. The van der Waals surface area contributed by atoms with E-state index in [0.717, 1.165) is 5.92 Å². The third-order valence-electron chi connectivity index (χ3n) is 5.13. The van der Waals surface area contributed by atoms with Crippen LogP contribution in [0.25, 0.3) is 21.5 Å². The first kappa shape index (κ1) is 12.9. The summed E-state index contributed by atoms with van der Waals surface area (Å²) in [4.78, 5) is 0. The minimum absolute atomic E-state index is 0.787. The van der Waals surface area contributed by atoms with E-state index in [4.69, 9.17) is 0 Å². The molecule has 0 aromatic heterocycles. The van der Waals surface area contributed by atoms with Gasteiger partial charge in [0.05, 0.1) is 0 Å². The zero-order valence-corrected chi connectivity index (χ0v) is 12.7. The second kappa shape index (κ2) is 5.18. The van der Waals surface area contributed by atoms with Gasteiger partial charge in [-0.1, -0.05) is 61.9 Å². The van der Waals surface area contributed by atoms with E-state index in [2.05, 4.69) is 55.5 Å². The van der Waals surface area contributed by atoms with Gasteiger partial charge in [-0.05, 0) is 64.3 Å². The summed E-state index contributed by atoms with van der Waals surface area (Å²) in [5.41, 5.74) is 3.26. The first-order chi connectivity index (χ1) is 10.4. The van der Waals surface area contributed by atoms with Crippen LogP contribution in [0.1, 0.15) is 49.7 Å². The Labute approximate surface area is 126 Å². The van der Waals surface area contributed by atoms with Gasteiger partial charge in [-0.15, -0.1) is 0 Å². The Morgan fingerprint density at radius 2 is 1.76 bits per heavy atom. The van der Waals surface area contributed by atoms with Crippen LogP contribution < -0.4 is 0 Å². The Kier molecular flexibility index (Phi) is 3.18. The molecule has 3 aromatic carbocycles. The van der Waals surface area contributed by atoms with Crippen molar-refractivity contribution in [2.75, 3.05) is 0 Å². The van der Waals surface area contributed by atoms with Crippen molar-refractivity contribution in [3.63, 3.8) is 0 Å². The van der Waals surface area contributed by atoms with Crippen molar-refractivity contribution in [1.29, 1.82) is 0 Å². The molecule has 1 unspecified atom stereocenters. The molecule has 3 aromatic rings. The highest BCUT2D eigenvalue weighted by molar-refractivity contribution is 6.08. The Morgan fingerprint density at radius 1 is 0.905 bits per heavy atom. The average molecular weight is 274 g/mol. The molecule has 0 spiro atoms. The summed E-state index contributed by atoms with van der Waals surface area (Å²) >= 11 is 0. The summed E-state index contributed by atoms with van der Waals surface area (Å²) in [5.74, 6) is 0.787. The van der Waals surface area contributed by atoms with Gasteiger partial charge in [-0.2, -0.15) is 0 Å². The summed E-state index contributed by atoms with van der Waals surface area (Å²) in [7, 11) is 0. The summed E-state index contributed by atoms with van der Waals surface area (Å²) in [6.07, 6.45) is 6.61. The number of rotatable bonds is 2. The van der Waals surface area contributed by atoms with Gasteiger partial charge in [-0.3, -0.25) is 0 Å². The van der Waals surface area contributed by atoms with Gasteiger partial charge in [0, 0.05) is 0 Å². The van der Waals surface area contributed by atoms with E-state index in [-0.39, 0.29) is 0 Å². The quantitative estimate of drug-likeness (QED) is 0.487. The molecule has 0 fully saturated rings. The van der Waals surface area contributed by atoms with Gasteiger partial charge in [0.25, 0.3) is 0 Å². The van der Waals surface area contributed by atoms with Crippen LogP contribution in [-0.2, 0) is 6.42 Å². The van der Waals surface area contributed by atoms with Crippen LogP contribution in [0.15, 0.2) is 48.5 Å². The van der Waals surface area contributed by atoms with Gasteiger partial charge >= 0.3 is 0 Å². The van der Waals surface area contributed by atoms with Gasteiger partial charge in [0.2, 0.25) is 0 Å². The predicted octanol–water partition coefficient (Wildman–Crippen LogP) is 6.21. The van der Waals surface area contributed by atoms with Crippen LogP contribution in [0.5, 0.6) is 0 Å². The fraction of sp³-hybridized carbons (Fsp3) is 0.333. The van der Waals surface area contributed by atoms with E-state index < -0.39 is 0 Å². The molecule has 0 bridgehead atoms. The molecule has 106 valence electrons. The topological polar surface area (TPSA) is 0 Å². The minimum atomic E-state index is 0.787. The standard InChI is InChI=1S/C21H22/c1-2-6-15-8-5-10-19-18(15)13-14-20-17-9-4-3-7-16(17)11-12-21(19)20/h3-4,7,9,11-15H,2,5-6,8,10H2,1H3. The largest absolute Gasteiger partial charge is 0.0654 e. The molecule has 0 heterocycles. The van der Waals surface area contributed by atoms with E-state index in [1.807, 2.05) is 0 Å². The molecule has 0 nitrogen and oxygen atoms in total. The molecule has 1 aliphatic carbocycles. The van der Waals surface area contributed by atoms with Crippen LogP contribution >= 0.6 is 0 Å². The molecule has 0 saturated heterocycles. The Balaban J connectivity index is 1.99. The van der Waals surface area contributed by atoms with Crippen LogP contribution in [0.3, 0.4) is 0 Å². The fourth-order valence-corrected chi connectivity index (χ4v) is 4.16. The third kappa shape index (κ3) is 2.05. The van der Waals surface area contributed by atoms with E-state index >= 15 is 0 Å². The maximum atomic E-state index is 2.42. The highest BCUT2D eigenvalue weighted by Crippen LogP contribution is 2.39. The monoisotopic (exact) mass is 274 g/mol. The molecule has 0 radical (unpaired) electrons. The molecule has 0 heteroatoms. The molecular formula is C21H22. The van der Waals surface area contributed by atoms with E-state index in [1.54, 1.807) is 11.1 Å². The number of hydrogen-bond acceptors (Lipinski definition) is 0. The Bertz CT molecular complexity index is 798. The lowest BCUT2D eigenvalue weighted by molar-refractivity contribution is 0.517. The lowest BCUT2D eigenvalue weighted by Crippen LogP contribution is -2.10. The molecule has 1 atom stereocenters. The molecule has 0 N–H and O–H groups in total. The van der Waals surface area contributed by atoms with Crippen molar-refractivity contribution >= 4 is 21.5 Å². The van der Waals surface area contributed by atoms with Gasteiger partial charge in [0.1, 0.15) is 0 Å². The van der Waals surface area contributed by atoms with Gasteiger partial charge in [-0.25, -0.2) is 0 Å². The first-order valence-corrected chi connectivity index (χ1v) is 8.31. The smallest absolute Gasteiger partial charge is 0.0102 e. The Morgan fingerprint density at radius 3 is 2.67 bits per heavy atom. The molecule has 21 heavy (non-hydrogen) atoms. The summed E-state index contributed by atoms with van der Waals surface area (Å²) in [5, 5.41) is 5.68. The van der Waals surface area contributed by atoms with Crippen molar-refractivity contribution in [2.24, 2.45) is 0 Å². The van der Waals surface area contributed by atoms with E-state index in [9.17, 15) is 0 Å². The summed E-state index contributed by atoms with van der Waals surface area (Å²) in [6, 6.07) is 18.2. The highest BCUT2D eigenvalue weighted by atomic mass is 14.3. The van der Waals surface area contributed by atoms with Crippen LogP contribution in [0.4, 0.5) is 0 Å². The van der Waals surface area contributed by atoms with Crippen molar-refractivity contribution < 1.29 is 0 Å². The van der Waals surface area contributed by atoms with Crippen molar-refractivity contribution in [2.45, 2.75) is 44.9 Å². The molecule has 1 aliphatic rings. The number of benzene rings is 3. The van der Waals surface area contributed by atoms with Gasteiger partial charge in [0.15, 0.2) is 0 Å². The molecule has 0 amide bonds. The molecule has 4 rings (SSSR count). The lowest BCUT2D eigenvalue weighted by Gasteiger charge is -2.27. The third-order valence-corrected chi connectivity index (χ3v) is 5.13. The van der Waals surface area contributed by atoms with Crippen LogP contribution in [0, 0.1) is 0 Å². The van der Waals surface area contributed by atoms with E-state index in [1.165, 1.54) is 53.6 Å². The highest BCUT2D eigenvalue weighted by Gasteiger charge is 2.21. The zero-order chi connectivity index (χ0) is 14.2. The number of hydrogen-bond donors (Lipinski definition) is 0. The van der Waals surface area contributed by atoms with Crippen LogP contribution in [0.2, 0.25) is 0 Å². The minimum Gasteiger partial charge on any atom is -0.0654 e. The van der Waals surface area contributed by atoms with Gasteiger partial charge < -0.3 is 0 Å². The summed E-state index contributed by atoms with van der Waals surface area (Å²) < 4.78 is 0. The number of fused-ring (bicyclic) bond motifs is 5. The second-order valence-corrected chi connectivity index (χ2v) is 6.39. The maximum absolute atomic E-state index is 2.42. The Hall–Kier alpha value is -1.82. The molecule has 0 aliphatic heterocycles. The fourth-order valence-electron chi connectivity index (χ4n) is 4.16. The molecular weight excluding hydrogens is 252 g/mol. The first-order valence-electron chi connectivity index (χ1n) is 8.31. The van der Waals surface area contributed by atoms with Crippen molar-refractivity contribution in [3.8, 4) is 0 Å². The molecule has 0 saturated carbocycles. The van der Waals surface area contributed by atoms with Crippen molar-refractivity contribution in [3.05, 3.63) is 59.7 Å². The average Bonchev–Trinajstić information content (AvgIpc) is 2.55. The SMILES string of the molecule is CCCC1CCCc2c1ccc1c2ccc2ccccc21. The predicted molar refractivity (Wildman–Crippen MR) is 92.0 cm³/mol. The summed E-state index contributed by atoms with van der Waals surface area (Å²) in [6.45, 7) is 2.31. The zero-order valence-electron chi connectivity index (χ0n) is 12.7. The lowest BCUT2D eigenvalue weighted by atomic mass is 9.78. The van der Waals surface area contributed by atoms with E-state index in [0.29, 0.717) is 0 Å².